The Labute approximate surface area is 261 Å². The second-order valence-corrected chi connectivity index (χ2v) is 12.6. The van der Waals surface area contributed by atoms with Crippen LogP contribution in [0, 0.1) is 6.92 Å². The fraction of sp³-hybridized carbons (Fsp3) is 0.122. The van der Waals surface area contributed by atoms with E-state index in [4.69, 9.17) is 14.4 Å². The van der Waals surface area contributed by atoms with Crippen LogP contribution < -0.4 is 0 Å². The highest BCUT2D eigenvalue weighted by molar-refractivity contribution is 6.12. The lowest BCUT2D eigenvalue weighted by atomic mass is 9.81. The van der Waals surface area contributed by atoms with Crippen LogP contribution in [0.4, 0.5) is 0 Å². The van der Waals surface area contributed by atoms with E-state index >= 15 is 0 Å². The third kappa shape index (κ3) is 3.48. The first-order chi connectivity index (χ1) is 22.0. The molecule has 45 heavy (non-hydrogen) atoms. The number of nitrogens with zero attached hydrogens (tertiary/aromatic N) is 3. The van der Waals surface area contributed by atoms with Gasteiger partial charge in [-0.05, 0) is 42.5 Å². The normalized spacial score (nSPS) is 13.9. The van der Waals surface area contributed by atoms with Gasteiger partial charge in [0.1, 0.15) is 5.76 Å². The van der Waals surface area contributed by atoms with Crippen molar-refractivity contribution >= 4 is 49.6 Å². The number of allylic oxidation sites excluding steroid dienone is 1. The summed E-state index contributed by atoms with van der Waals surface area (Å²) in [6.45, 7) is 8.85. The minimum atomic E-state index is -0.178. The van der Waals surface area contributed by atoms with Crippen molar-refractivity contribution in [1.82, 2.24) is 14.5 Å². The van der Waals surface area contributed by atoms with Crippen LogP contribution in [0.5, 0.6) is 0 Å². The fourth-order valence-electron chi connectivity index (χ4n) is 7.60. The predicted molar refractivity (Wildman–Crippen MR) is 186 cm³/mol. The summed E-state index contributed by atoms with van der Waals surface area (Å²) < 4.78 is 9.19. The van der Waals surface area contributed by atoms with Gasteiger partial charge in [0.15, 0.2) is 5.58 Å². The number of aromatic nitrogens is 3. The Balaban J connectivity index is 1.45. The van der Waals surface area contributed by atoms with Gasteiger partial charge in [0.2, 0.25) is 5.95 Å². The Bertz CT molecular complexity index is 2530. The van der Waals surface area contributed by atoms with Crippen molar-refractivity contribution in [2.75, 3.05) is 0 Å². The molecule has 1 aliphatic rings. The van der Waals surface area contributed by atoms with Crippen molar-refractivity contribution in [3.8, 4) is 28.5 Å². The van der Waals surface area contributed by atoms with E-state index in [9.17, 15) is 0 Å². The first kappa shape index (κ1) is 26.0. The number of hydrogen-bond acceptors (Lipinski definition) is 3. The van der Waals surface area contributed by atoms with E-state index in [1.54, 1.807) is 0 Å². The summed E-state index contributed by atoms with van der Waals surface area (Å²) in [5, 5.41) is 5.57. The molecule has 0 amide bonds. The van der Waals surface area contributed by atoms with Gasteiger partial charge in [0, 0.05) is 43.7 Å². The largest absolute Gasteiger partial charge is 0.453 e. The average Bonchev–Trinajstić information content (AvgIpc) is 3.67. The second kappa shape index (κ2) is 9.26. The van der Waals surface area contributed by atoms with Crippen molar-refractivity contribution in [3.63, 3.8) is 0 Å². The molecule has 0 unspecified atom stereocenters. The standard InChI is InChI=1S/C41H31N3O/c1-5-13-33-24(2)27-22-23-30-34-38(29-18-11-12-19-32(29)41(34,3)4)45-39(30)37(27)44(33)40-42-35(26-15-7-6-8-16-26)31-21-20-25-14-9-10-17-28(25)36(31)43-40/h5-23H,1-4H3/b13-5-. The molecule has 3 heterocycles. The van der Waals surface area contributed by atoms with Crippen LogP contribution in [0.25, 0.3) is 78.2 Å². The maximum absolute atomic E-state index is 6.97. The van der Waals surface area contributed by atoms with E-state index < -0.39 is 0 Å². The second-order valence-electron chi connectivity index (χ2n) is 12.6. The molecular weight excluding hydrogens is 550 g/mol. The topological polar surface area (TPSA) is 43.9 Å². The summed E-state index contributed by atoms with van der Waals surface area (Å²) in [4.78, 5) is 10.7. The molecule has 5 aromatic carbocycles. The molecule has 0 atom stereocenters. The van der Waals surface area contributed by atoms with Crippen LogP contribution in [-0.4, -0.2) is 14.5 Å². The number of benzene rings is 5. The molecule has 0 aliphatic heterocycles. The molecule has 0 saturated heterocycles. The van der Waals surface area contributed by atoms with Gasteiger partial charge in [-0.25, -0.2) is 9.97 Å². The van der Waals surface area contributed by atoms with Crippen LogP contribution in [0.2, 0.25) is 0 Å². The number of hydrogen-bond donors (Lipinski definition) is 0. The van der Waals surface area contributed by atoms with E-state index in [2.05, 4.69) is 141 Å². The molecule has 0 bridgehead atoms. The monoisotopic (exact) mass is 581 g/mol. The van der Waals surface area contributed by atoms with E-state index in [-0.39, 0.29) is 5.41 Å². The molecule has 8 aromatic rings. The maximum Gasteiger partial charge on any atom is 0.235 e. The van der Waals surface area contributed by atoms with E-state index in [0.29, 0.717) is 5.95 Å². The highest BCUT2D eigenvalue weighted by atomic mass is 16.3. The summed E-state index contributed by atoms with van der Waals surface area (Å²) in [5.41, 5.74) is 10.5. The fourth-order valence-corrected chi connectivity index (χ4v) is 7.60. The zero-order valence-corrected chi connectivity index (χ0v) is 25.7. The molecule has 0 spiro atoms. The van der Waals surface area contributed by atoms with Gasteiger partial charge in [0.05, 0.1) is 22.4 Å². The first-order valence-corrected chi connectivity index (χ1v) is 15.6. The minimum absolute atomic E-state index is 0.178. The molecule has 9 rings (SSSR count). The number of rotatable bonds is 3. The number of fused-ring (bicyclic) bond motifs is 10. The Morgan fingerprint density at radius 1 is 0.733 bits per heavy atom. The van der Waals surface area contributed by atoms with Gasteiger partial charge < -0.3 is 4.42 Å². The van der Waals surface area contributed by atoms with Gasteiger partial charge in [-0.1, -0.05) is 117 Å². The zero-order valence-electron chi connectivity index (χ0n) is 25.7. The van der Waals surface area contributed by atoms with E-state index in [1.807, 2.05) is 6.07 Å². The minimum Gasteiger partial charge on any atom is -0.453 e. The maximum atomic E-state index is 6.97. The predicted octanol–water partition coefficient (Wildman–Crippen LogP) is 10.8. The summed E-state index contributed by atoms with van der Waals surface area (Å²) in [6.07, 6.45) is 4.25. The van der Waals surface area contributed by atoms with Crippen LogP contribution >= 0.6 is 0 Å². The quantitative estimate of drug-likeness (QED) is 0.195. The molecule has 0 fully saturated rings. The molecule has 1 aliphatic carbocycles. The summed E-state index contributed by atoms with van der Waals surface area (Å²) in [7, 11) is 0. The lowest BCUT2D eigenvalue weighted by molar-refractivity contribution is 0.620. The van der Waals surface area contributed by atoms with Crippen molar-refractivity contribution in [1.29, 1.82) is 0 Å². The Hall–Kier alpha value is -5.48. The SMILES string of the molecule is C/C=C\c1c(C)c2ccc3c4c(oc3c2n1-c1nc(-c2ccccc2)c2ccc3ccccc3c2n1)-c1ccccc1C4(C)C. The molecule has 0 saturated carbocycles. The summed E-state index contributed by atoms with van der Waals surface area (Å²) in [6, 6.07) is 36.3. The van der Waals surface area contributed by atoms with Crippen LogP contribution in [-0.2, 0) is 5.41 Å². The van der Waals surface area contributed by atoms with Gasteiger partial charge in [-0.3, -0.25) is 4.57 Å². The molecule has 0 N–H and O–H groups in total. The van der Waals surface area contributed by atoms with Crippen molar-refractivity contribution in [2.24, 2.45) is 0 Å². The van der Waals surface area contributed by atoms with E-state index in [1.165, 1.54) is 22.3 Å². The lowest BCUT2D eigenvalue weighted by Gasteiger charge is -2.20. The lowest BCUT2D eigenvalue weighted by Crippen LogP contribution is -2.14. The van der Waals surface area contributed by atoms with Gasteiger partial charge in [0.25, 0.3) is 0 Å². The third-order valence-electron chi connectivity index (χ3n) is 9.71. The van der Waals surface area contributed by atoms with Gasteiger partial charge in [-0.15, -0.1) is 0 Å². The number of furan rings is 1. The molecule has 4 nitrogen and oxygen atoms in total. The third-order valence-corrected chi connectivity index (χ3v) is 9.71. The van der Waals surface area contributed by atoms with Crippen molar-refractivity contribution < 1.29 is 4.42 Å². The number of aryl methyl sites for hydroxylation is 1. The molecule has 3 aromatic heterocycles. The Morgan fingerprint density at radius 3 is 2.31 bits per heavy atom. The molecule has 0 radical (unpaired) electrons. The summed E-state index contributed by atoms with van der Waals surface area (Å²) >= 11 is 0. The molecular formula is C41H31N3O. The van der Waals surface area contributed by atoms with Crippen LogP contribution in [0.1, 0.15) is 43.2 Å². The smallest absolute Gasteiger partial charge is 0.235 e. The highest BCUT2D eigenvalue weighted by Crippen LogP contribution is 2.54. The average molecular weight is 582 g/mol. The van der Waals surface area contributed by atoms with Crippen molar-refractivity contribution in [2.45, 2.75) is 33.1 Å². The Morgan fingerprint density at radius 2 is 1.47 bits per heavy atom. The van der Waals surface area contributed by atoms with Gasteiger partial charge in [-0.2, -0.15) is 0 Å². The molecule has 216 valence electrons. The highest BCUT2D eigenvalue weighted by Gasteiger charge is 2.40. The molecule has 4 heteroatoms. The van der Waals surface area contributed by atoms with Crippen LogP contribution in [0.3, 0.4) is 0 Å². The Kier molecular flexibility index (Phi) is 5.34. The summed E-state index contributed by atoms with van der Waals surface area (Å²) in [5.74, 6) is 1.60. The van der Waals surface area contributed by atoms with E-state index in [0.717, 1.165) is 66.3 Å². The van der Waals surface area contributed by atoms with Crippen LogP contribution in [0.15, 0.2) is 114 Å². The van der Waals surface area contributed by atoms with Crippen molar-refractivity contribution in [3.05, 3.63) is 132 Å². The van der Waals surface area contributed by atoms with Gasteiger partial charge >= 0.3 is 0 Å². The first-order valence-electron chi connectivity index (χ1n) is 15.6. The zero-order chi connectivity index (χ0) is 30.4.